The number of rotatable bonds is 3. The highest BCUT2D eigenvalue weighted by Gasteiger charge is 2.29. The third-order valence-electron chi connectivity index (χ3n) is 4.05. The molecular weight excluding hydrogens is 228 g/mol. The molecule has 4 heteroatoms. The monoisotopic (exact) mass is 248 g/mol. The number of Topliss-reactive ketones (excluding diaryl/α,β-unsaturated/α-hetero) is 1. The number of carbonyl (C=O) groups is 1. The topological polar surface area (TPSA) is 36.7 Å². The van der Waals surface area contributed by atoms with Crippen LogP contribution in [0.3, 0.4) is 0 Å². The molecule has 0 saturated carbocycles. The largest absolute Gasteiger partial charge is 0.461 e. The number of carbonyl (C=O) groups excluding carboxylic acids is 1. The van der Waals surface area contributed by atoms with Crippen molar-refractivity contribution in [3.63, 3.8) is 0 Å². The van der Waals surface area contributed by atoms with Crippen molar-refractivity contribution in [1.29, 1.82) is 0 Å². The average molecular weight is 248 g/mol. The van der Waals surface area contributed by atoms with Gasteiger partial charge in [-0.15, -0.1) is 0 Å². The van der Waals surface area contributed by atoms with Crippen LogP contribution in [0, 0.1) is 0 Å². The van der Waals surface area contributed by atoms with Gasteiger partial charge < -0.3 is 4.42 Å². The first-order chi connectivity index (χ1) is 8.83. The molecule has 0 aromatic carbocycles. The Bertz CT molecular complexity index is 402. The van der Waals surface area contributed by atoms with Gasteiger partial charge in [0.25, 0.3) is 0 Å². The summed E-state index contributed by atoms with van der Waals surface area (Å²) in [5.41, 5.74) is 0. The summed E-state index contributed by atoms with van der Waals surface area (Å²) in [6.45, 7) is 4.99. The van der Waals surface area contributed by atoms with Crippen LogP contribution in [0.15, 0.2) is 22.8 Å². The van der Waals surface area contributed by atoms with Crippen LogP contribution >= 0.6 is 0 Å². The molecule has 1 atom stereocenters. The van der Waals surface area contributed by atoms with Crippen molar-refractivity contribution in [3.05, 3.63) is 24.2 Å². The van der Waals surface area contributed by atoms with Crippen LogP contribution in [0.4, 0.5) is 0 Å². The van der Waals surface area contributed by atoms with E-state index in [1.807, 2.05) is 0 Å². The maximum absolute atomic E-state index is 12.0. The first-order valence-corrected chi connectivity index (χ1v) is 6.86. The molecule has 2 fully saturated rings. The molecule has 1 aromatic heterocycles. The van der Waals surface area contributed by atoms with E-state index in [2.05, 4.69) is 9.80 Å². The summed E-state index contributed by atoms with van der Waals surface area (Å²) in [7, 11) is 0. The summed E-state index contributed by atoms with van der Waals surface area (Å²) >= 11 is 0. The average Bonchev–Trinajstić information content (AvgIpc) is 2.99. The summed E-state index contributed by atoms with van der Waals surface area (Å²) < 4.78 is 5.17. The number of nitrogens with zero attached hydrogens (tertiary/aromatic N) is 2. The normalized spacial score (nSPS) is 25.9. The molecule has 0 amide bonds. The van der Waals surface area contributed by atoms with Gasteiger partial charge >= 0.3 is 0 Å². The third-order valence-corrected chi connectivity index (χ3v) is 4.05. The standard InChI is InChI=1S/C14H20N2O2/c17-13(14-5-2-9-18-14)11-15-6-3-8-16-7-1-4-12(16)10-15/h2,5,9,12H,1,3-4,6-8,10-11H2. The molecule has 0 bridgehead atoms. The maximum atomic E-state index is 12.0. The molecule has 18 heavy (non-hydrogen) atoms. The molecule has 0 spiro atoms. The SMILES string of the molecule is O=C(CN1CCCN2CCCC2C1)c1ccco1. The lowest BCUT2D eigenvalue weighted by Gasteiger charge is -2.24. The Morgan fingerprint density at radius 2 is 2.22 bits per heavy atom. The second-order valence-corrected chi connectivity index (χ2v) is 5.32. The van der Waals surface area contributed by atoms with Gasteiger partial charge in [-0.3, -0.25) is 14.6 Å². The van der Waals surface area contributed by atoms with Crippen molar-refractivity contribution < 1.29 is 9.21 Å². The van der Waals surface area contributed by atoms with Gasteiger partial charge in [0.2, 0.25) is 5.78 Å². The first-order valence-electron chi connectivity index (χ1n) is 6.86. The van der Waals surface area contributed by atoms with E-state index in [1.54, 1.807) is 18.4 Å². The minimum absolute atomic E-state index is 0.103. The summed E-state index contributed by atoms with van der Waals surface area (Å²) in [5.74, 6) is 0.592. The minimum atomic E-state index is 0.103. The van der Waals surface area contributed by atoms with E-state index in [-0.39, 0.29) is 5.78 Å². The zero-order chi connectivity index (χ0) is 12.4. The Labute approximate surface area is 108 Å². The highest BCUT2D eigenvalue weighted by molar-refractivity contribution is 5.94. The molecule has 98 valence electrons. The Morgan fingerprint density at radius 3 is 3.06 bits per heavy atom. The van der Waals surface area contributed by atoms with Gasteiger partial charge in [-0.2, -0.15) is 0 Å². The fraction of sp³-hybridized carbons (Fsp3) is 0.643. The Morgan fingerprint density at radius 1 is 1.33 bits per heavy atom. The summed E-state index contributed by atoms with van der Waals surface area (Å²) in [6, 6.07) is 4.19. The molecule has 3 heterocycles. The molecule has 3 rings (SSSR count). The Hall–Kier alpha value is -1.13. The zero-order valence-corrected chi connectivity index (χ0v) is 10.7. The van der Waals surface area contributed by atoms with Gasteiger partial charge in [-0.25, -0.2) is 0 Å². The van der Waals surface area contributed by atoms with E-state index in [0.29, 0.717) is 18.3 Å². The van der Waals surface area contributed by atoms with E-state index in [0.717, 1.165) is 13.1 Å². The smallest absolute Gasteiger partial charge is 0.211 e. The minimum Gasteiger partial charge on any atom is -0.461 e. The first kappa shape index (κ1) is 11.9. The quantitative estimate of drug-likeness (QED) is 0.762. The van der Waals surface area contributed by atoms with Crippen molar-refractivity contribution in [3.8, 4) is 0 Å². The molecule has 0 radical (unpaired) electrons. The van der Waals surface area contributed by atoms with E-state index in [4.69, 9.17) is 4.42 Å². The van der Waals surface area contributed by atoms with Crippen molar-refractivity contribution in [2.24, 2.45) is 0 Å². The second kappa shape index (κ2) is 5.24. The maximum Gasteiger partial charge on any atom is 0.211 e. The Balaban J connectivity index is 1.60. The van der Waals surface area contributed by atoms with Crippen molar-refractivity contribution >= 4 is 5.78 Å². The van der Waals surface area contributed by atoms with Gasteiger partial charge in [-0.05, 0) is 51.0 Å². The van der Waals surface area contributed by atoms with Crippen LogP contribution in [0.1, 0.15) is 29.8 Å². The van der Waals surface area contributed by atoms with Gasteiger partial charge in [0.15, 0.2) is 5.76 Å². The molecule has 1 aromatic rings. The molecule has 2 saturated heterocycles. The molecule has 0 aliphatic carbocycles. The van der Waals surface area contributed by atoms with Crippen LogP contribution in [0.2, 0.25) is 0 Å². The van der Waals surface area contributed by atoms with Crippen LogP contribution in [0.25, 0.3) is 0 Å². The van der Waals surface area contributed by atoms with Gasteiger partial charge in [0.1, 0.15) is 0 Å². The van der Waals surface area contributed by atoms with E-state index in [9.17, 15) is 4.79 Å². The van der Waals surface area contributed by atoms with E-state index < -0.39 is 0 Å². The fourth-order valence-corrected chi connectivity index (χ4v) is 3.14. The summed E-state index contributed by atoms with van der Waals surface area (Å²) in [6.07, 6.45) is 5.33. The lowest BCUT2D eigenvalue weighted by atomic mass is 10.2. The van der Waals surface area contributed by atoms with Crippen LogP contribution in [0.5, 0.6) is 0 Å². The predicted octanol–water partition coefficient (Wildman–Crippen LogP) is 1.63. The van der Waals surface area contributed by atoms with Crippen molar-refractivity contribution in [2.45, 2.75) is 25.3 Å². The number of ketones is 1. The van der Waals surface area contributed by atoms with Crippen LogP contribution in [-0.4, -0.2) is 54.3 Å². The van der Waals surface area contributed by atoms with Gasteiger partial charge in [-0.1, -0.05) is 0 Å². The highest BCUT2D eigenvalue weighted by Crippen LogP contribution is 2.21. The number of hydrogen-bond acceptors (Lipinski definition) is 4. The number of hydrogen-bond donors (Lipinski definition) is 0. The van der Waals surface area contributed by atoms with E-state index in [1.165, 1.54) is 32.4 Å². The lowest BCUT2D eigenvalue weighted by molar-refractivity contribution is 0.0897. The van der Waals surface area contributed by atoms with Gasteiger partial charge in [0, 0.05) is 12.6 Å². The third kappa shape index (κ3) is 2.49. The Kier molecular flexibility index (Phi) is 3.48. The zero-order valence-electron chi connectivity index (χ0n) is 10.7. The predicted molar refractivity (Wildman–Crippen MR) is 68.7 cm³/mol. The molecule has 2 aliphatic heterocycles. The molecular formula is C14H20N2O2. The molecule has 1 unspecified atom stereocenters. The van der Waals surface area contributed by atoms with Crippen LogP contribution < -0.4 is 0 Å². The van der Waals surface area contributed by atoms with Crippen molar-refractivity contribution in [2.75, 3.05) is 32.7 Å². The second-order valence-electron chi connectivity index (χ2n) is 5.32. The molecule has 0 N–H and O–H groups in total. The summed E-state index contributed by atoms with van der Waals surface area (Å²) in [4.78, 5) is 16.9. The van der Waals surface area contributed by atoms with Crippen molar-refractivity contribution in [1.82, 2.24) is 9.80 Å². The number of furan rings is 1. The molecule has 4 nitrogen and oxygen atoms in total. The highest BCUT2D eigenvalue weighted by atomic mass is 16.3. The fourth-order valence-electron chi connectivity index (χ4n) is 3.14. The summed E-state index contributed by atoms with van der Waals surface area (Å²) in [5, 5.41) is 0. The number of fused-ring (bicyclic) bond motifs is 1. The molecule has 2 aliphatic rings. The van der Waals surface area contributed by atoms with Crippen LogP contribution in [-0.2, 0) is 0 Å². The van der Waals surface area contributed by atoms with E-state index >= 15 is 0 Å². The van der Waals surface area contributed by atoms with Gasteiger partial charge in [0.05, 0.1) is 12.8 Å². The lowest BCUT2D eigenvalue weighted by Crippen LogP contribution is -2.38.